The first-order valence-electron chi connectivity index (χ1n) is 11.5. The van der Waals surface area contributed by atoms with Crippen LogP contribution in [0.25, 0.3) is 11.1 Å². The van der Waals surface area contributed by atoms with Crippen molar-refractivity contribution in [3.8, 4) is 11.1 Å². The summed E-state index contributed by atoms with van der Waals surface area (Å²) >= 11 is 0. The Labute approximate surface area is 198 Å². The number of hydrogen-bond donors (Lipinski definition) is 3. The molecule has 34 heavy (non-hydrogen) atoms. The van der Waals surface area contributed by atoms with Crippen LogP contribution >= 0.6 is 0 Å². The van der Waals surface area contributed by atoms with Gasteiger partial charge < -0.3 is 25.2 Å². The summed E-state index contributed by atoms with van der Waals surface area (Å²) in [4.78, 5) is 36.7. The number of aliphatic carboxylic acids is 1. The lowest BCUT2D eigenvalue weighted by atomic mass is 9.98. The summed E-state index contributed by atoms with van der Waals surface area (Å²) in [6.45, 7) is 5.35. The SMILES string of the molecule is CC(C)(C)OC(=O)N[C@H]1CC[C@@H](C(=O)O)[C@@H]1NC(=O)OCC1c2ccccc2-c2ccccc21. The van der Waals surface area contributed by atoms with E-state index in [4.69, 9.17) is 9.47 Å². The molecule has 0 radical (unpaired) electrons. The fourth-order valence-corrected chi connectivity index (χ4v) is 4.87. The lowest BCUT2D eigenvalue weighted by Gasteiger charge is -2.27. The molecule has 0 aliphatic heterocycles. The molecule has 8 heteroatoms. The fraction of sp³-hybridized carbons (Fsp3) is 0.423. The van der Waals surface area contributed by atoms with Crippen molar-refractivity contribution in [3.05, 3.63) is 59.7 Å². The number of carbonyl (C=O) groups is 3. The van der Waals surface area contributed by atoms with Crippen LogP contribution in [-0.2, 0) is 14.3 Å². The minimum absolute atomic E-state index is 0.104. The molecule has 2 aliphatic carbocycles. The summed E-state index contributed by atoms with van der Waals surface area (Å²) in [5.41, 5.74) is 3.73. The summed E-state index contributed by atoms with van der Waals surface area (Å²) in [6, 6.07) is 14.7. The Morgan fingerprint density at radius 3 is 2.06 bits per heavy atom. The van der Waals surface area contributed by atoms with Crippen LogP contribution < -0.4 is 10.6 Å². The van der Waals surface area contributed by atoms with Crippen LogP contribution in [0.4, 0.5) is 9.59 Å². The molecule has 0 bridgehead atoms. The van der Waals surface area contributed by atoms with E-state index in [2.05, 4.69) is 22.8 Å². The van der Waals surface area contributed by atoms with Gasteiger partial charge in [0.1, 0.15) is 12.2 Å². The molecule has 4 rings (SSSR count). The lowest BCUT2D eigenvalue weighted by molar-refractivity contribution is -0.142. The quantitative estimate of drug-likeness (QED) is 0.606. The highest BCUT2D eigenvalue weighted by Gasteiger charge is 2.43. The van der Waals surface area contributed by atoms with E-state index < -0.39 is 41.8 Å². The van der Waals surface area contributed by atoms with E-state index >= 15 is 0 Å². The van der Waals surface area contributed by atoms with Crippen molar-refractivity contribution in [2.75, 3.05) is 6.61 Å². The molecule has 1 fully saturated rings. The predicted molar refractivity (Wildman–Crippen MR) is 126 cm³/mol. The number of alkyl carbamates (subject to hydrolysis) is 2. The summed E-state index contributed by atoms with van der Waals surface area (Å²) in [7, 11) is 0. The largest absolute Gasteiger partial charge is 0.481 e. The Balaban J connectivity index is 1.42. The van der Waals surface area contributed by atoms with Gasteiger partial charge in [0.05, 0.1) is 18.0 Å². The molecular formula is C26H30N2O6. The maximum absolute atomic E-state index is 12.7. The average molecular weight is 467 g/mol. The van der Waals surface area contributed by atoms with E-state index in [0.717, 1.165) is 22.3 Å². The van der Waals surface area contributed by atoms with Gasteiger partial charge >= 0.3 is 18.2 Å². The fourth-order valence-electron chi connectivity index (χ4n) is 4.87. The second kappa shape index (κ2) is 9.37. The summed E-state index contributed by atoms with van der Waals surface area (Å²) in [5.74, 6) is -1.97. The number of ether oxygens (including phenoxy) is 2. The number of nitrogens with one attached hydrogen (secondary N) is 2. The van der Waals surface area contributed by atoms with Gasteiger partial charge in [0.2, 0.25) is 0 Å². The van der Waals surface area contributed by atoms with E-state index in [0.29, 0.717) is 12.8 Å². The van der Waals surface area contributed by atoms with Crippen molar-refractivity contribution in [2.45, 2.75) is 57.2 Å². The highest BCUT2D eigenvalue weighted by molar-refractivity contribution is 5.79. The van der Waals surface area contributed by atoms with Crippen LogP contribution in [0.5, 0.6) is 0 Å². The maximum Gasteiger partial charge on any atom is 0.407 e. The second-order valence-corrected chi connectivity index (χ2v) is 9.77. The Morgan fingerprint density at radius 2 is 1.50 bits per heavy atom. The third-order valence-corrected chi connectivity index (χ3v) is 6.30. The van der Waals surface area contributed by atoms with Crippen molar-refractivity contribution >= 4 is 18.2 Å². The number of benzene rings is 2. The van der Waals surface area contributed by atoms with Crippen molar-refractivity contribution in [1.29, 1.82) is 0 Å². The molecule has 2 amide bonds. The zero-order chi connectivity index (χ0) is 24.5. The molecule has 0 spiro atoms. The van der Waals surface area contributed by atoms with Crippen LogP contribution in [0.15, 0.2) is 48.5 Å². The first kappa shape index (κ1) is 23.6. The summed E-state index contributed by atoms with van der Waals surface area (Å²) in [6.07, 6.45) is -0.631. The Kier molecular flexibility index (Phi) is 6.50. The highest BCUT2D eigenvalue weighted by Crippen LogP contribution is 2.44. The Morgan fingerprint density at radius 1 is 0.912 bits per heavy atom. The first-order chi connectivity index (χ1) is 16.1. The summed E-state index contributed by atoms with van der Waals surface area (Å²) < 4.78 is 10.9. The van der Waals surface area contributed by atoms with Gasteiger partial charge in [-0.3, -0.25) is 4.79 Å². The van der Waals surface area contributed by atoms with Crippen LogP contribution in [0.2, 0.25) is 0 Å². The molecule has 0 aromatic heterocycles. The van der Waals surface area contributed by atoms with Crippen molar-refractivity contribution < 1.29 is 29.0 Å². The van der Waals surface area contributed by atoms with Gasteiger partial charge in [0.25, 0.3) is 0 Å². The number of hydrogen-bond acceptors (Lipinski definition) is 5. The van der Waals surface area contributed by atoms with E-state index in [1.165, 1.54) is 0 Å². The minimum Gasteiger partial charge on any atom is -0.481 e. The Bertz CT molecular complexity index is 1050. The number of fused-ring (bicyclic) bond motifs is 3. The number of rotatable bonds is 5. The molecule has 2 aromatic carbocycles. The van der Waals surface area contributed by atoms with Gasteiger partial charge in [0.15, 0.2) is 0 Å². The smallest absolute Gasteiger partial charge is 0.407 e. The minimum atomic E-state index is -1.03. The number of carboxylic acid groups (broad SMARTS) is 1. The monoisotopic (exact) mass is 466 g/mol. The summed E-state index contributed by atoms with van der Waals surface area (Å²) in [5, 5.41) is 15.0. The molecule has 0 saturated heterocycles. The zero-order valence-electron chi connectivity index (χ0n) is 19.5. The third kappa shape index (κ3) is 5.00. The van der Waals surface area contributed by atoms with Gasteiger partial charge in [-0.1, -0.05) is 48.5 Å². The zero-order valence-corrected chi connectivity index (χ0v) is 19.5. The predicted octanol–water partition coefficient (Wildman–Crippen LogP) is 4.28. The molecule has 2 aromatic rings. The van der Waals surface area contributed by atoms with Crippen LogP contribution in [0, 0.1) is 5.92 Å². The van der Waals surface area contributed by atoms with E-state index in [9.17, 15) is 19.5 Å². The third-order valence-electron chi connectivity index (χ3n) is 6.30. The molecule has 2 aliphatic rings. The first-order valence-corrected chi connectivity index (χ1v) is 11.5. The molecule has 1 saturated carbocycles. The molecular weight excluding hydrogens is 436 g/mol. The Hall–Kier alpha value is -3.55. The lowest BCUT2D eigenvalue weighted by Crippen LogP contribution is -2.53. The molecule has 3 N–H and O–H groups in total. The number of amides is 2. The molecule has 0 heterocycles. The van der Waals surface area contributed by atoms with Crippen LogP contribution in [-0.4, -0.2) is 47.6 Å². The normalized spacial score (nSPS) is 21.3. The topological polar surface area (TPSA) is 114 Å². The van der Waals surface area contributed by atoms with Crippen LogP contribution in [0.3, 0.4) is 0 Å². The number of carboxylic acids is 1. The van der Waals surface area contributed by atoms with Gasteiger partial charge in [-0.2, -0.15) is 0 Å². The van der Waals surface area contributed by atoms with Crippen molar-refractivity contribution in [2.24, 2.45) is 5.92 Å². The van der Waals surface area contributed by atoms with E-state index in [1.807, 2.05) is 36.4 Å². The standard InChI is InChI=1S/C26H30N2O6/c1-26(2,3)34-25(32)27-21-13-12-19(23(29)30)22(21)28-24(31)33-14-20-17-10-6-4-8-15(17)16-9-5-7-11-18(16)20/h4-11,19-22H,12-14H2,1-3H3,(H,27,32)(H,28,31)(H,29,30)/t19-,21+,22+/m1/s1. The van der Waals surface area contributed by atoms with E-state index in [1.54, 1.807) is 20.8 Å². The average Bonchev–Trinajstić information content (AvgIpc) is 3.30. The van der Waals surface area contributed by atoms with Gasteiger partial charge in [-0.05, 0) is 55.9 Å². The highest BCUT2D eigenvalue weighted by atomic mass is 16.6. The number of carbonyl (C=O) groups excluding carboxylic acids is 2. The molecule has 180 valence electrons. The molecule has 0 unspecified atom stereocenters. The van der Waals surface area contributed by atoms with Gasteiger partial charge in [-0.25, -0.2) is 9.59 Å². The van der Waals surface area contributed by atoms with E-state index in [-0.39, 0.29) is 12.5 Å². The van der Waals surface area contributed by atoms with Gasteiger partial charge in [0, 0.05) is 5.92 Å². The second-order valence-electron chi connectivity index (χ2n) is 9.77. The molecule has 3 atom stereocenters. The van der Waals surface area contributed by atoms with Crippen LogP contribution in [0.1, 0.15) is 50.7 Å². The van der Waals surface area contributed by atoms with Gasteiger partial charge in [-0.15, -0.1) is 0 Å². The van der Waals surface area contributed by atoms with Crippen molar-refractivity contribution in [3.63, 3.8) is 0 Å². The maximum atomic E-state index is 12.7. The molecule has 8 nitrogen and oxygen atoms in total. The van der Waals surface area contributed by atoms with Crippen molar-refractivity contribution in [1.82, 2.24) is 10.6 Å².